The summed E-state index contributed by atoms with van der Waals surface area (Å²) in [6.07, 6.45) is 1.84. The molecule has 1 aliphatic heterocycles. The fourth-order valence-electron chi connectivity index (χ4n) is 3.88. The summed E-state index contributed by atoms with van der Waals surface area (Å²) in [5.74, 6) is -0.570. The molecule has 8 nitrogen and oxygen atoms in total. The number of carbonyl (C=O) groups excluding carboxylic acids is 1. The van der Waals surface area contributed by atoms with E-state index in [1.165, 1.54) is 39.9 Å². The molecule has 0 atom stereocenters. The average Bonchev–Trinajstić information content (AvgIpc) is 3.07. The van der Waals surface area contributed by atoms with Gasteiger partial charge in [-0.25, -0.2) is 16.8 Å². The number of hydrogen-bond acceptors (Lipinski definition) is 6. The lowest BCUT2D eigenvalue weighted by Gasteiger charge is -2.29. The van der Waals surface area contributed by atoms with Gasteiger partial charge in [-0.15, -0.1) is 0 Å². The number of fused-ring (bicyclic) bond motifs is 1. The highest BCUT2D eigenvalue weighted by atomic mass is 32.2. The molecule has 0 N–H and O–H groups in total. The van der Waals surface area contributed by atoms with E-state index in [2.05, 4.69) is 11.1 Å². The van der Waals surface area contributed by atoms with Crippen molar-refractivity contribution in [2.45, 2.75) is 29.6 Å². The number of nitrogens with zero attached hydrogens (tertiary/aromatic N) is 3. The summed E-state index contributed by atoms with van der Waals surface area (Å²) in [5.41, 5.74) is 2.15. The molecule has 176 valence electrons. The molecule has 1 aliphatic rings. The van der Waals surface area contributed by atoms with Crippen LogP contribution in [0.25, 0.3) is 10.2 Å². The van der Waals surface area contributed by atoms with Gasteiger partial charge in [0, 0.05) is 32.3 Å². The molecule has 0 bridgehead atoms. The molecule has 1 amide bonds. The van der Waals surface area contributed by atoms with Crippen LogP contribution in [-0.2, 0) is 31.7 Å². The van der Waals surface area contributed by atoms with E-state index in [1.807, 2.05) is 30.7 Å². The van der Waals surface area contributed by atoms with Crippen molar-refractivity contribution in [3.8, 4) is 0 Å². The van der Waals surface area contributed by atoms with E-state index >= 15 is 0 Å². The molecular formula is C22H25N3O5S3. The van der Waals surface area contributed by atoms with Crippen LogP contribution >= 0.6 is 11.3 Å². The average molecular weight is 508 g/mol. The SMILES string of the molecule is Cc1ccc2c(c1)sc(=NC(=O)C1CCN(S(=O)(=O)c3ccc(S(C)(=O)=O)cc3)CC1)n2C. The maximum absolute atomic E-state index is 13.0. The molecule has 0 unspecified atom stereocenters. The number of benzene rings is 2. The first-order valence-electron chi connectivity index (χ1n) is 10.4. The third-order valence-electron chi connectivity index (χ3n) is 5.86. The number of carbonyl (C=O) groups is 1. The van der Waals surface area contributed by atoms with Crippen LogP contribution in [0.1, 0.15) is 18.4 Å². The van der Waals surface area contributed by atoms with Gasteiger partial charge in [-0.1, -0.05) is 17.4 Å². The highest BCUT2D eigenvalue weighted by Gasteiger charge is 2.32. The van der Waals surface area contributed by atoms with Crippen molar-refractivity contribution in [3.05, 3.63) is 52.8 Å². The number of aromatic nitrogens is 1. The number of sulfonamides is 1. The molecular weight excluding hydrogens is 482 g/mol. The first-order chi connectivity index (χ1) is 15.5. The minimum atomic E-state index is -3.77. The predicted molar refractivity (Wildman–Crippen MR) is 127 cm³/mol. The third-order valence-corrected chi connectivity index (χ3v) is 10.00. The van der Waals surface area contributed by atoms with Crippen molar-refractivity contribution in [1.82, 2.24) is 8.87 Å². The lowest BCUT2D eigenvalue weighted by molar-refractivity contribution is -0.122. The second-order valence-electron chi connectivity index (χ2n) is 8.29. The maximum atomic E-state index is 13.0. The molecule has 0 saturated carbocycles. The van der Waals surface area contributed by atoms with Gasteiger partial charge < -0.3 is 4.57 Å². The first-order valence-corrected chi connectivity index (χ1v) is 14.6. The van der Waals surface area contributed by atoms with Crippen LogP contribution in [-0.4, -0.2) is 51.0 Å². The van der Waals surface area contributed by atoms with Gasteiger partial charge in [0.2, 0.25) is 10.0 Å². The van der Waals surface area contributed by atoms with E-state index in [1.54, 1.807) is 0 Å². The Bertz CT molecular complexity index is 1490. The van der Waals surface area contributed by atoms with E-state index < -0.39 is 19.9 Å². The van der Waals surface area contributed by atoms with E-state index in [9.17, 15) is 21.6 Å². The molecule has 2 aromatic carbocycles. The lowest BCUT2D eigenvalue weighted by Crippen LogP contribution is -2.40. The van der Waals surface area contributed by atoms with Crippen LogP contribution in [0.2, 0.25) is 0 Å². The van der Waals surface area contributed by atoms with Crippen molar-refractivity contribution < 1.29 is 21.6 Å². The molecule has 33 heavy (non-hydrogen) atoms. The quantitative estimate of drug-likeness (QED) is 0.539. The monoisotopic (exact) mass is 507 g/mol. The smallest absolute Gasteiger partial charge is 0.251 e. The van der Waals surface area contributed by atoms with E-state index in [4.69, 9.17) is 0 Å². The van der Waals surface area contributed by atoms with Crippen molar-refractivity contribution in [2.75, 3.05) is 19.3 Å². The zero-order valence-electron chi connectivity index (χ0n) is 18.6. The molecule has 11 heteroatoms. The Balaban J connectivity index is 1.48. The Hall–Kier alpha value is -2.34. The van der Waals surface area contributed by atoms with E-state index in [0.717, 1.165) is 22.0 Å². The van der Waals surface area contributed by atoms with Gasteiger partial charge in [-0.2, -0.15) is 9.30 Å². The van der Waals surface area contributed by atoms with Crippen LogP contribution in [0.5, 0.6) is 0 Å². The normalized spacial score (nSPS) is 17.0. The third kappa shape index (κ3) is 4.81. The van der Waals surface area contributed by atoms with Gasteiger partial charge in [-0.3, -0.25) is 4.79 Å². The Morgan fingerprint density at radius 3 is 2.21 bits per heavy atom. The fourth-order valence-corrected chi connectivity index (χ4v) is 7.11. The predicted octanol–water partition coefficient (Wildman–Crippen LogP) is 2.48. The Labute approximate surface area is 197 Å². The van der Waals surface area contributed by atoms with Gasteiger partial charge in [0.25, 0.3) is 5.91 Å². The maximum Gasteiger partial charge on any atom is 0.251 e. The number of piperidine rings is 1. The molecule has 1 aromatic heterocycles. The van der Waals surface area contributed by atoms with Gasteiger partial charge in [0.05, 0.1) is 20.0 Å². The summed E-state index contributed by atoms with van der Waals surface area (Å²) in [5, 5.41) is 0. The molecule has 1 fully saturated rings. The van der Waals surface area contributed by atoms with Crippen LogP contribution in [0.15, 0.2) is 57.2 Å². The molecule has 2 heterocycles. The van der Waals surface area contributed by atoms with E-state index in [0.29, 0.717) is 17.6 Å². The zero-order chi connectivity index (χ0) is 24.0. The molecule has 3 aromatic rings. The molecule has 0 radical (unpaired) electrons. The molecule has 1 saturated heterocycles. The number of amides is 1. The standard InChI is InChI=1S/C22H25N3O5S3/c1-15-4-9-19-20(14-15)31-22(24(19)2)23-21(26)16-10-12-25(13-11-16)33(29,30)18-7-5-17(6-8-18)32(3,27)28/h4-9,14,16H,10-13H2,1-3H3. The molecule has 0 aliphatic carbocycles. The van der Waals surface area contributed by atoms with Gasteiger partial charge in [0.1, 0.15) is 0 Å². The summed E-state index contributed by atoms with van der Waals surface area (Å²) < 4.78 is 53.4. The number of aryl methyl sites for hydroxylation is 2. The van der Waals surface area contributed by atoms with Gasteiger partial charge in [0.15, 0.2) is 14.6 Å². The summed E-state index contributed by atoms with van der Waals surface area (Å²) in [7, 11) is -5.29. The number of hydrogen-bond donors (Lipinski definition) is 0. The highest BCUT2D eigenvalue weighted by Crippen LogP contribution is 2.26. The Morgan fingerprint density at radius 1 is 1.00 bits per heavy atom. The number of rotatable bonds is 4. The molecule has 0 spiro atoms. The van der Waals surface area contributed by atoms with Crippen LogP contribution in [0.4, 0.5) is 0 Å². The zero-order valence-corrected chi connectivity index (χ0v) is 21.0. The number of thiazole rings is 1. The van der Waals surface area contributed by atoms with Crippen molar-refractivity contribution in [1.29, 1.82) is 0 Å². The first kappa shape index (κ1) is 23.8. The topological polar surface area (TPSA) is 106 Å². The minimum absolute atomic E-state index is 0.0388. The Kier molecular flexibility index (Phi) is 6.34. The van der Waals surface area contributed by atoms with Crippen molar-refractivity contribution >= 4 is 47.3 Å². The van der Waals surface area contributed by atoms with E-state index in [-0.39, 0.29) is 34.7 Å². The summed E-state index contributed by atoms with van der Waals surface area (Å²) >= 11 is 1.46. The summed E-state index contributed by atoms with van der Waals surface area (Å²) in [4.78, 5) is 17.9. The summed E-state index contributed by atoms with van der Waals surface area (Å²) in [6, 6.07) is 11.3. The van der Waals surface area contributed by atoms with Gasteiger partial charge >= 0.3 is 0 Å². The minimum Gasteiger partial charge on any atom is -0.319 e. The van der Waals surface area contributed by atoms with Crippen LogP contribution < -0.4 is 4.80 Å². The van der Waals surface area contributed by atoms with Gasteiger partial charge in [-0.05, 0) is 61.7 Å². The second-order valence-corrected chi connectivity index (χ2v) is 13.2. The van der Waals surface area contributed by atoms with Crippen LogP contribution in [0.3, 0.4) is 0 Å². The van der Waals surface area contributed by atoms with Crippen LogP contribution in [0, 0.1) is 12.8 Å². The summed E-state index contributed by atoms with van der Waals surface area (Å²) in [6.45, 7) is 2.43. The second kappa shape index (κ2) is 8.79. The highest BCUT2D eigenvalue weighted by molar-refractivity contribution is 7.90. The largest absolute Gasteiger partial charge is 0.319 e. The van der Waals surface area contributed by atoms with Crippen molar-refractivity contribution in [2.24, 2.45) is 18.0 Å². The number of sulfone groups is 1. The Morgan fingerprint density at radius 2 is 1.61 bits per heavy atom. The lowest BCUT2D eigenvalue weighted by atomic mass is 9.98. The molecule has 4 rings (SSSR count). The fraction of sp³-hybridized carbons (Fsp3) is 0.364. The van der Waals surface area contributed by atoms with Crippen molar-refractivity contribution in [3.63, 3.8) is 0 Å².